The maximum atomic E-state index is 5.62. The summed E-state index contributed by atoms with van der Waals surface area (Å²) in [5, 5.41) is 0. The van der Waals surface area contributed by atoms with Gasteiger partial charge in [-0.1, -0.05) is 0 Å². The molecule has 0 aromatic rings. The van der Waals surface area contributed by atoms with Gasteiger partial charge < -0.3 is 14.2 Å². The van der Waals surface area contributed by atoms with Gasteiger partial charge in [0.25, 0.3) is 0 Å². The van der Waals surface area contributed by atoms with Crippen LogP contribution in [0.1, 0.15) is 20.3 Å². The second kappa shape index (κ2) is 4.21. The summed E-state index contributed by atoms with van der Waals surface area (Å²) in [7, 11) is 3.42. The van der Waals surface area contributed by atoms with E-state index in [0.717, 1.165) is 6.42 Å². The molecule has 0 saturated carbocycles. The van der Waals surface area contributed by atoms with Gasteiger partial charge in [-0.2, -0.15) is 0 Å². The standard InChI is InChI=1S/C9H18O3/c1-6-5-8(10-3)9(11-4)7(2)12-6/h6-9H,5H2,1-4H3/t6-,7-,8+,9-/m0/s1. The normalized spacial score (nSPS) is 43.0. The first-order chi connectivity index (χ1) is 5.69. The molecule has 1 aliphatic heterocycles. The number of hydrogen-bond acceptors (Lipinski definition) is 3. The SMILES string of the molecule is CO[C@H]1[C@H](C)O[C@@H](C)C[C@H]1OC. The van der Waals surface area contributed by atoms with Crippen LogP contribution in [0.4, 0.5) is 0 Å². The molecular weight excluding hydrogens is 156 g/mol. The molecule has 1 rings (SSSR count). The first kappa shape index (κ1) is 9.96. The average Bonchev–Trinajstić information content (AvgIpc) is 2.03. The summed E-state index contributed by atoms with van der Waals surface area (Å²) in [6.07, 6.45) is 1.57. The van der Waals surface area contributed by atoms with Crippen molar-refractivity contribution in [3.63, 3.8) is 0 Å². The van der Waals surface area contributed by atoms with Crippen molar-refractivity contribution in [3.8, 4) is 0 Å². The third-order valence-corrected chi connectivity index (χ3v) is 2.42. The summed E-state index contributed by atoms with van der Waals surface area (Å²) in [4.78, 5) is 0. The lowest BCUT2D eigenvalue weighted by Crippen LogP contribution is -2.47. The van der Waals surface area contributed by atoms with Gasteiger partial charge >= 0.3 is 0 Å². The van der Waals surface area contributed by atoms with Crippen molar-refractivity contribution in [2.45, 2.75) is 44.7 Å². The van der Waals surface area contributed by atoms with Crippen LogP contribution in [0.25, 0.3) is 0 Å². The molecule has 3 nitrogen and oxygen atoms in total. The summed E-state index contributed by atoms with van der Waals surface area (Å²) in [5.74, 6) is 0. The highest BCUT2D eigenvalue weighted by Gasteiger charge is 2.34. The predicted octanol–water partition coefficient (Wildman–Crippen LogP) is 1.21. The van der Waals surface area contributed by atoms with Crippen molar-refractivity contribution in [1.29, 1.82) is 0 Å². The minimum atomic E-state index is 0.0752. The van der Waals surface area contributed by atoms with Gasteiger partial charge in [0.2, 0.25) is 0 Å². The smallest absolute Gasteiger partial charge is 0.109 e. The topological polar surface area (TPSA) is 27.7 Å². The zero-order valence-corrected chi connectivity index (χ0v) is 8.24. The van der Waals surface area contributed by atoms with Crippen molar-refractivity contribution in [2.75, 3.05) is 14.2 Å². The van der Waals surface area contributed by atoms with E-state index in [0.29, 0.717) is 0 Å². The van der Waals surface area contributed by atoms with Crippen LogP contribution in [-0.4, -0.2) is 38.6 Å². The molecule has 0 N–H and O–H groups in total. The second-order valence-electron chi connectivity index (χ2n) is 3.36. The van der Waals surface area contributed by atoms with Crippen LogP contribution in [0.15, 0.2) is 0 Å². The highest BCUT2D eigenvalue weighted by atomic mass is 16.6. The van der Waals surface area contributed by atoms with Gasteiger partial charge in [-0.3, -0.25) is 0 Å². The summed E-state index contributed by atoms with van der Waals surface area (Å²) in [6, 6.07) is 0. The Labute approximate surface area is 74.0 Å². The fraction of sp³-hybridized carbons (Fsp3) is 1.00. The van der Waals surface area contributed by atoms with Crippen molar-refractivity contribution < 1.29 is 14.2 Å². The Morgan fingerprint density at radius 1 is 1.17 bits per heavy atom. The molecule has 1 fully saturated rings. The summed E-state index contributed by atoms with van der Waals surface area (Å²) in [5.41, 5.74) is 0. The van der Waals surface area contributed by atoms with Crippen LogP contribution in [0.5, 0.6) is 0 Å². The Morgan fingerprint density at radius 2 is 1.83 bits per heavy atom. The highest BCUT2D eigenvalue weighted by molar-refractivity contribution is 4.83. The second-order valence-corrected chi connectivity index (χ2v) is 3.36. The molecule has 3 heteroatoms. The Kier molecular flexibility index (Phi) is 3.50. The van der Waals surface area contributed by atoms with Gasteiger partial charge in [0, 0.05) is 20.6 Å². The van der Waals surface area contributed by atoms with E-state index in [1.807, 2.05) is 6.92 Å². The molecule has 12 heavy (non-hydrogen) atoms. The van der Waals surface area contributed by atoms with Crippen LogP contribution < -0.4 is 0 Å². The van der Waals surface area contributed by atoms with E-state index in [9.17, 15) is 0 Å². The largest absolute Gasteiger partial charge is 0.379 e. The minimum Gasteiger partial charge on any atom is -0.379 e. The molecule has 1 saturated heterocycles. The molecule has 0 aliphatic carbocycles. The van der Waals surface area contributed by atoms with Crippen molar-refractivity contribution in [2.24, 2.45) is 0 Å². The van der Waals surface area contributed by atoms with Gasteiger partial charge in [-0.25, -0.2) is 0 Å². The highest BCUT2D eigenvalue weighted by Crippen LogP contribution is 2.23. The molecule has 1 aliphatic rings. The number of hydrogen-bond donors (Lipinski definition) is 0. The molecule has 0 unspecified atom stereocenters. The monoisotopic (exact) mass is 174 g/mol. The molecule has 0 amide bonds. The van der Waals surface area contributed by atoms with Gasteiger partial charge in [0.05, 0.1) is 18.3 Å². The van der Waals surface area contributed by atoms with Gasteiger partial charge in [-0.15, -0.1) is 0 Å². The van der Waals surface area contributed by atoms with E-state index in [2.05, 4.69) is 6.92 Å². The Hall–Kier alpha value is -0.120. The maximum absolute atomic E-state index is 5.62. The zero-order valence-electron chi connectivity index (χ0n) is 8.24. The molecule has 1 heterocycles. The van der Waals surface area contributed by atoms with E-state index < -0.39 is 0 Å². The molecule has 4 atom stereocenters. The maximum Gasteiger partial charge on any atom is 0.109 e. The molecule has 72 valence electrons. The fourth-order valence-electron chi connectivity index (χ4n) is 1.84. The zero-order chi connectivity index (χ0) is 9.14. The number of rotatable bonds is 2. The van der Waals surface area contributed by atoms with Crippen LogP contribution in [0.2, 0.25) is 0 Å². The van der Waals surface area contributed by atoms with Gasteiger partial charge in [0.1, 0.15) is 6.10 Å². The Balaban J connectivity index is 2.56. The molecular formula is C9H18O3. The van der Waals surface area contributed by atoms with Crippen molar-refractivity contribution >= 4 is 0 Å². The molecule has 0 spiro atoms. The average molecular weight is 174 g/mol. The van der Waals surface area contributed by atoms with Crippen LogP contribution in [0.3, 0.4) is 0 Å². The molecule has 0 aromatic heterocycles. The fourth-order valence-corrected chi connectivity index (χ4v) is 1.84. The van der Waals surface area contributed by atoms with E-state index in [-0.39, 0.29) is 24.4 Å². The lowest BCUT2D eigenvalue weighted by atomic mass is 9.99. The number of ether oxygens (including phenoxy) is 3. The van der Waals surface area contributed by atoms with Crippen molar-refractivity contribution in [1.82, 2.24) is 0 Å². The van der Waals surface area contributed by atoms with E-state index in [4.69, 9.17) is 14.2 Å². The first-order valence-corrected chi connectivity index (χ1v) is 4.40. The molecule has 0 radical (unpaired) electrons. The van der Waals surface area contributed by atoms with E-state index in [1.165, 1.54) is 0 Å². The third kappa shape index (κ3) is 1.97. The Bertz CT molecular complexity index is 138. The van der Waals surface area contributed by atoms with Crippen molar-refractivity contribution in [3.05, 3.63) is 0 Å². The van der Waals surface area contributed by atoms with Crippen LogP contribution in [0, 0.1) is 0 Å². The van der Waals surface area contributed by atoms with Gasteiger partial charge in [-0.05, 0) is 13.8 Å². The predicted molar refractivity (Wildman–Crippen MR) is 46.2 cm³/mol. The summed E-state index contributed by atoms with van der Waals surface area (Å²) >= 11 is 0. The minimum absolute atomic E-state index is 0.0752. The van der Waals surface area contributed by atoms with Crippen LogP contribution >= 0.6 is 0 Å². The lowest BCUT2D eigenvalue weighted by molar-refractivity contribution is -0.176. The summed E-state index contributed by atoms with van der Waals surface area (Å²) in [6.45, 7) is 4.09. The molecule has 0 bridgehead atoms. The molecule has 0 aromatic carbocycles. The van der Waals surface area contributed by atoms with E-state index in [1.54, 1.807) is 14.2 Å². The Morgan fingerprint density at radius 3 is 2.33 bits per heavy atom. The third-order valence-electron chi connectivity index (χ3n) is 2.42. The first-order valence-electron chi connectivity index (χ1n) is 4.40. The quantitative estimate of drug-likeness (QED) is 0.630. The summed E-state index contributed by atoms with van der Waals surface area (Å²) < 4.78 is 16.3. The van der Waals surface area contributed by atoms with Gasteiger partial charge in [0.15, 0.2) is 0 Å². The van der Waals surface area contributed by atoms with E-state index >= 15 is 0 Å². The van der Waals surface area contributed by atoms with Crippen LogP contribution in [-0.2, 0) is 14.2 Å². The lowest BCUT2D eigenvalue weighted by Gasteiger charge is -2.37. The number of methoxy groups -OCH3 is 2.